The molecule has 1 saturated carbocycles. The van der Waals surface area contributed by atoms with Crippen molar-refractivity contribution in [3.05, 3.63) is 29.8 Å². The van der Waals surface area contributed by atoms with Crippen LogP contribution in [-0.2, 0) is 0 Å². The minimum absolute atomic E-state index is 0.0280. The summed E-state index contributed by atoms with van der Waals surface area (Å²) in [6.45, 7) is 2.21. The van der Waals surface area contributed by atoms with E-state index >= 15 is 0 Å². The molecule has 1 N–H and O–H groups in total. The SMILES string of the molecule is CC1CC(NC(=O)c2ccc(S)cc2)C1. The fourth-order valence-corrected chi connectivity index (χ4v) is 2.05. The van der Waals surface area contributed by atoms with Crippen molar-refractivity contribution in [3.8, 4) is 0 Å². The molecule has 0 aliphatic heterocycles. The number of hydrogen-bond donors (Lipinski definition) is 2. The molecule has 1 aromatic carbocycles. The molecular formula is C12H15NOS. The van der Waals surface area contributed by atoms with Crippen molar-refractivity contribution in [1.82, 2.24) is 5.32 Å². The lowest BCUT2D eigenvalue weighted by Crippen LogP contribution is -2.43. The average Bonchev–Trinajstić information content (AvgIpc) is 2.16. The zero-order valence-electron chi connectivity index (χ0n) is 8.73. The summed E-state index contributed by atoms with van der Waals surface area (Å²) in [5, 5.41) is 3.02. The Balaban J connectivity index is 1.93. The molecule has 3 heteroatoms. The van der Waals surface area contributed by atoms with Gasteiger partial charge in [0.05, 0.1) is 0 Å². The van der Waals surface area contributed by atoms with E-state index in [1.165, 1.54) is 0 Å². The van der Waals surface area contributed by atoms with Gasteiger partial charge in [-0.1, -0.05) is 6.92 Å². The number of nitrogens with one attached hydrogen (secondary N) is 1. The van der Waals surface area contributed by atoms with E-state index in [4.69, 9.17) is 0 Å². The minimum Gasteiger partial charge on any atom is -0.349 e. The minimum atomic E-state index is 0.0280. The highest BCUT2D eigenvalue weighted by Crippen LogP contribution is 2.26. The largest absolute Gasteiger partial charge is 0.349 e. The Morgan fingerprint density at radius 2 is 1.93 bits per heavy atom. The quantitative estimate of drug-likeness (QED) is 0.738. The van der Waals surface area contributed by atoms with E-state index < -0.39 is 0 Å². The molecule has 1 aliphatic rings. The van der Waals surface area contributed by atoms with Crippen LogP contribution in [0.25, 0.3) is 0 Å². The maximum Gasteiger partial charge on any atom is 0.251 e. The van der Waals surface area contributed by atoms with Crippen LogP contribution in [0.3, 0.4) is 0 Å². The van der Waals surface area contributed by atoms with Crippen molar-refractivity contribution >= 4 is 18.5 Å². The summed E-state index contributed by atoms with van der Waals surface area (Å²) in [5.74, 6) is 0.787. The average molecular weight is 221 g/mol. The van der Waals surface area contributed by atoms with E-state index in [0.29, 0.717) is 11.6 Å². The van der Waals surface area contributed by atoms with Crippen molar-refractivity contribution in [2.24, 2.45) is 5.92 Å². The number of amides is 1. The number of thiol groups is 1. The highest BCUT2D eigenvalue weighted by atomic mass is 32.1. The van der Waals surface area contributed by atoms with Crippen molar-refractivity contribution in [2.45, 2.75) is 30.7 Å². The molecule has 0 atom stereocenters. The topological polar surface area (TPSA) is 29.1 Å². The Labute approximate surface area is 95.5 Å². The molecule has 2 rings (SSSR count). The number of rotatable bonds is 2. The molecule has 0 radical (unpaired) electrons. The van der Waals surface area contributed by atoms with Crippen molar-refractivity contribution in [1.29, 1.82) is 0 Å². The summed E-state index contributed by atoms with van der Waals surface area (Å²) < 4.78 is 0. The van der Waals surface area contributed by atoms with Gasteiger partial charge >= 0.3 is 0 Å². The molecule has 1 aromatic rings. The molecule has 0 heterocycles. The molecule has 2 nitrogen and oxygen atoms in total. The van der Waals surface area contributed by atoms with E-state index in [9.17, 15) is 4.79 Å². The third-order valence-electron chi connectivity index (χ3n) is 2.84. The van der Waals surface area contributed by atoms with Gasteiger partial charge in [-0.3, -0.25) is 4.79 Å². The second-order valence-corrected chi connectivity index (χ2v) is 4.81. The Hall–Kier alpha value is -0.960. The molecule has 0 aromatic heterocycles. The van der Waals surface area contributed by atoms with E-state index in [1.807, 2.05) is 12.1 Å². The number of carbonyl (C=O) groups excluding carboxylic acids is 1. The third kappa shape index (κ3) is 2.53. The van der Waals surface area contributed by atoms with Crippen molar-refractivity contribution in [3.63, 3.8) is 0 Å². The van der Waals surface area contributed by atoms with Gasteiger partial charge in [-0.05, 0) is 43.0 Å². The Morgan fingerprint density at radius 3 is 2.47 bits per heavy atom. The van der Waals surface area contributed by atoms with E-state index in [0.717, 1.165) is 23.7 Å². The molecule has 80 valence electrons. The van der Waals surface area contributed by atoms with Crippen molar-refractivity contribution < 1.29 is 4.79 Å². The predicted molar refractivity (Wildman–Crippen MR) is 63.3 cm³/mol. The molecule has 0 bridgehead atoms. The zero-order chi connectivity index (χ0) is 10.8. The first-order chi connectivity index (χ1) is 7.15. The van der Waals surface area contributed by atoms with Gasteiger partial charge in [0.2, 0.25) is 0 Å². The van der Waals surface area contributed by atoms with E-state index in [2.05, 4.69) is 24.9 Å². The smallest absolute Gasteiger partial charge is 0.251 e. The maximum absolute atomic E-state index is 11.7. The van der Waals surface area contributed by atoms with Gasteiger partial charge in [0.1, 0.15) is 0 Å². The van der Waals surface area contributed by atoms with Gasteiger partial charge in [-0.15, -0.1) is 12.6 Å². The monoisotopic (exact) mass is 221 g/mol. The summed E-state index contributed by atoms with van der Waals surface area (Å²) in [5.41, 5.74) is 0.715. The van der Waals surface area contributed by atoms with Gasteiger partial charge in [0.25, 0.3) is 5.91 Å². The van der Waals surface area contributed by atoms with Crippen LogP contribution in [0.1, 0.15) is 30.1 Å². The fourth-order valence-electron chi connectivity index (χ4n) is 1.90. The van der Waals surface area contributed by atoms with Crippen LogP contribution in [0.2, 0.25) is 0 Å². The highest BCUT2D eigenvalue weighted by Gasteiger charge is 2.26. The fraction of sp³-hybridized carbons (Fsp3) is 0.417. The van der Waals surface area contributed by atoms with Crippen LogP contribution in [0.4, 0.5) is 0 Å². The van der Waals surface area contributed by atoms with Crippen LogP contribution in [0.5, 0.6) is 0 Å². The molecule has 1 aliphatic carbocycles. The van der Waals surface area contributed by atoms with Crippen LogP contribution in [0, 0.1) is 5.92 Å². The first-order valence-electron chi connectivity index (χ1n) is 5.25. The lowest BCUT2D eigenvalue weighted by atomic mass is 9.82. The molecule has 0 unspecified atom stereocenters. The zero-order valence-corrected chi connectivity index (χ0v) is 9.63. The third-order valence-corrected chi connectivity index (χ3v) is 3.14. The second-order valence-electron chi connectivity index (χ2n) is 4.29. The molecule has 1 fully saturated rings. The first kappa shape index (κ1) is 10.6. The van der Waals surface area contributed by atoms with Gasteiger partial charge < -0.3 is 5.32 Å². The highest BCUT2D eigenvalue weighted by molar-refractivity contribution is 7.80. The van der Waals surface area contributed by atoms with Gasteiger partial charge in [0.15, 0.2) is 0 Å². The number of carbonyl (C=O) groups is 1. The molecule has 15 heavy (non-hydrogen) atoms. The Kier molecular flexibility index (Phi) is 3.00. The Bertz CT molecular complexity index is 354. The lowest BCUT2D eigenvalue weighted by Gasteiger charge is -2.33. The summed E-state index contributed by atoms with van der Waals surface area (Å²) in [4.78, 5) is 12.6. The summed E-state index contributed by atoms with van der Waals surface area (Å²) in [6.07, 6.45) is 2.22. The predicted octanol–water partition coefficient (Wildman–Crippen LogP) is 2.50. The summed E-state index contributed by atoms with van der Waals surface area (Å²) >= 11 is 4.18. The van der Waals surface area contributed by atoms with Gasteiger partial charge in [-0.2, -0.15) is 0 Å². The van der Waals surface area contributed by atoms with E-state index in [1.54, 1.807) is 12.1 Å². The second kappa shape index (κ2) is 4.27. The standard InChI is InChI=1S/C12H15NOS/c1-8-6-10(7-8)13-12(14)9-2-4-11(15)5-3-9/h2-5,8,10,15H,6-7H2,1H3,(H,13,14). The van der Waals surface area contributed by atoms with Crippen LogP contribution < -0.4 is 5.32 Å². The Morgan fingerprint density at radius 1 is 1.33 bits per heavy atom. The van der Waals surface area contributed by atoms with Crippen LogP contribution in [-0.4, -0.2) is 11.9 Å². The maximum atomic E-state index is 11.7. The summed E-state index contributed by atoms with van der Waals surface area (Å²) in [6, 6.07) is 7.66. The molecular weight excluding hydrogens is 206 g/mol. The van der Waals surface area contributed by atoms with Crippen LogP contribution >= 0.6 is 12.6 Å². The molecule has 0 spiro atoms. The first-order valence-corrected chi connectivity index (χ1v) is 5.70. The van der Waals surface area contributed by atoms with Gasteiger partial charge in [0, 0.05) is 16.5 Å². The van der Waals surface area contributed by atoms with Crippen molar-refractivity contribution in [2.75, 3.05) is 0 Å². The number of benzene rings is 1. The van der Waals surface area contributed by atoms with Gasteiger partial charge in [-0.25, -0.2) is 0 Å². The lowest BCUT2D eigenvalue weighted by molar-refractivity contribution is 0.0896. The summed E-state index contributed by atoms with van der Waals surface area (Å²) in [7, 11) is 0. The normalized spacial score (nSPS) is 24.4. The number of hydrogen-bond acceptors (Lipinski definition) is 2. The molecule has 1 amide bonds. The molecule has 0 saturated heterocycles. The van der Waals surface area contributed by atoms with E-state index in [-0.39, 0.29) is 5.91 Å². The van der Waals surface area contributed by atoms with Crippen LogP contribution in [0.15, 0.2) is 29.2 Å².